The summed E-state index contributed by atoms with van der Waals surface area (Å²) in [5, 5.41) is 12.2. The molecular formula is C13H19NO2. The quantitative estimate of drug-likeness (QED) is 0.802. The number of carboxylic acids is 1. The van der Waals surface area contributed by atoms with Crippen molar-refractivity contribution in [2.45, 2.75) is 26.8 Å². The first-order valence-electron chi connectivity index (χ1n) is 5.53. The topological polar surface area (TPSA) is 49.3 Å². The molecule has 1 rings (SSSR count). The molecular weight excluding hydrogens is 202 g/mol. The lowest BCUT2D eigenvalue weighted by molar-refractivity contribution is -0.139. The molecule has 88 valence electrons. The van der Waals surface area contributed by atoms with E-state index in [9.17, 15) is 4.79 Å². The maximum Gasteiger partial charge on any atom is 0.325 e. The van der Waals surface area contributed by atoms with Crippen molar-refractivity contribution < 1.29 is 9.90 Å². The van der Waals surface area contributed by atoms with Crippen LogP contribution in [0.3, 0.4) is 0 Å². The van der Waals surface area contributed by atoms with Crippen molar-refractivity contribution in [2.24, 2.45) is 5.92 Å². The Labute approximate surface area is 96.5 Å². The van der Waals surface area contributed by atoms with Crippen molar-refractivity contribution in [3.8, 4) is 0 Å². The fraction of sp³-hybridized carbons (Fsp3) is 0.462. The highest BCUT2D eigenvalue weighted by Crippen LogP contribution is 2.15. The predicted molar refractivity (Wildman–Crippen MR) is 64.4 cm³/mol. The van der Waals surface area contributed by atoms with Gasteiger partial charge in [-0.05, 0) is 24.9 Å². The summed E-state index contributed by atoms with van der Waals surface area (Å²) in [5.41, 5.74) is 1.89. The normalized spacial score (nSPS) is 12.8. The van der Waals surface area contributed by atoms with E-state index >= 15 is 0 Å². The number of carbonyl (C=O) groups is 1. The Morgan fingerprint density at radius 2 is 2.12 bits per heavy atom. The molecule has 0 bridgehead atoms. The van der Waals surface area contributed by atoms with E-state index < -0.39 is 12.0 Å². The van der Waals surface area contributed by atoms with Crippen molar-refractivity contribution >= 4 is 5.97 Å². The molecule has 16 heavy (non-hydrogen) atoms. The second-order valence-electron chi connectivity index (χ2n) is 4.49. The number of hydrogen-bond acceptors (Lipinski definition) is 2. The third-order valence-corrected chi connectivity index (χ3v) is 2.35. The second kappa shape index (κ2) is 5.66. The summed E-state index contributed by atoms with van der Waals surface area (Å²) in [6, 6.07) is 7.00. The monoisotopic (exact) mass is 221 g/mol. The van der Waals surface area contributed by atoms with Crippen LogP contribution in [0.15, 0.2) is 24.3 Å². The molecule has 3 nitrogen and oxygen atoms in total. The third-order valence-electron chi connectivity index (χ3n) is 2.35. The van der Waals surface area contributed by atoms with Gasteiger partial charge < -0.3 is 10.4 Å². The van der Waals surface area contributed by atoms with E-state index in [1.54, 1.807) is 0 Å². The van der Waals surface area contributed by atoms with Crippen LogP contribution in [0.1, 0.15) is 31.0 Å². The summed E-state index contributed by atoms with van der Waals surface area (Å²) in [6.07, 6.45) is 0. The zero-order valence-corrected chi connectivity index (χ0v) is 10.0. The highest BCUT2D eigenvalue weighted by molar-refractivity contribution is 5.75. The molecule has 1 unspecified atom stereocenters. The number of rotatable bonds is 5. The molecule has 0 saturated carbocycles. The van der Waals surface area contributed by atoms with Crippen molar-refractivity contribution in [1.29, 1.82) is 0 Å². The fourth-order valence-electron chi connectivity index (χ4n) is 1.55. The summed E-state index contributed by atoms with van der Waals surface area (Å²) in [6.45, 7) is 6.78. The van der Waals surface area contributed by atoms with E-state index in [1.165, 1.54) is 0 Å². The number of hydrogen-bond donors (Lipinski definition) is 2. The van der Waals surface area contributed by atoms with Crippen molar-refractivity contribution in [3.05, 3.63) is 35.4 Å². The van der Waals surface area contributed by atoms with Gasteiger partial charge in [-0.1, -0.05) is 43.7 Å². The molecule has 0 heterocycles. The standard InChI is InChI=1S/C13H19NO2/c1-9(2)8-14-12(13(15)16)11-6-4-5-10(3)7-11/h4-7,9,12,14H,8H2,1-3H3,(H,15,16). The lowest BCUT2D eigenvalue weighted by atomic mass is 10.0. The van der Waals surface area contributed by atoms with Crippen LogP contribution in [0.5, 0.6) is 0 Å². The van der Waals surface area contributed by atoms with Crippen LogP contribution in [-0.4, -0.2) is 17.6 Å². The van der Waals surface area contributed by atoms with Crippen LogP contribution in [0.2, 0.25) is 0 Å². The molecule has 0 radical (unpaired) electrons. The van der Waals surface area contributed by atoms with Gasteiger partial charge in [-0.2, -0.15) is 0 Å². The Kier molecular flexibility index (Phi) is 4.50. The zero-order valence-electron chi connectivity index (χ0n) is 10.0. The minimum Gasteiger partial charge on any atom is -0.480 e. The first-order valence-corrected chi connectivity index (χ1v) is 5.53. The fourth-order valence-corrected chi connectivity index (χ4v) is 1.55. The Morgan fingerprint density at radius 1 is 1.44 bits per heavy atom. The molecule has 0 saturated heterocycles. The summed E-state index contributed by atoms with van der Waals surface area (Å²) >= 11 is 0. The molecule has 0 aliphatic heterocycles. The van der Waals surface area contributed by atoms with E-state index in [2.05, 4.69) is 19.2 Å². The first kappa shape index (κ1) is 12.7. The Balaban J connectivity index is 2.81. The van der Waals surface area contributed by atoms with E-state index in [4.69, 9.17) is 5.11 Å². The summed E-state index contributed by atoms with van der Waals surface area (Å²) in [7, 11) is 0. The van der Waals surface area contributed by atoms with Crippen LogP contribution in [-0.2, 0) is 4.79 Å². The lowest BCUT2D eigenvalue weighted by Crippen LogP contribution is -2.31. The Bertz CT molecular complexity index is 361. The molecule has 0 amide bonds. The average Bonchev–Trinajstić information content (AvgIpc) is 2.17. The number of aliphatic carboxylic acids is 1. The smallest absolute Gasteiger partial charge is 0.325 e. The van der Waals surface area contributed by atoms with Gasteiger partial charge in [0.05, 0.1) is 0 Å². The molecule has 0 aliphatic rings. The molecule has 1 atom stereocenters. The summed E-state index contributed by atoms with van der Waals surface area (Å²) in [5.74, 6) is -0.391. The van der Waals surface area contributed by atoms with Crippen molar-refractivity contribution in [1.82, 2.24) is 5.32 Å². The van der Waals surface area contributed by atoms with Crippen molar-refractivity contribution in [3.63, 3.8) is 0 Å². The SMILES string of the molecule is Cc1cccc(C(NCC(C)C)C(=O)O)c1. The van der Waals surface area contributed by atoms with Gasteiger partial charge in [0, 0.05) is 0 Å². The number of aryl methyl sites for hydroxylation is 1. The zero-order chi connectivity index (χ0) is 12.1. The van der Waals surface area contributed by atoms with E-state index in [1.807, 2.05) is 31.2 Å². The lowest BCUT2D eigenvalue weighted by Gasteiger charge is -2.16. The minimum atomic E-state index is -0.828. The highest BCUT2D eigenvalue weighted by atomic mass is 16.4. The largest absolute Gasteiger partial charge is 0.480 e. The van der Waals surface area contributed by atoms with E-state index in [0.717, 1.165) is 11.1 Å². The van der Waals surface area contributed by atoms with Gasteiger partial charge in [0.25, 0.3) is 0 Å². The van der Waals surface area contributed by atoms with Crippen LogP contribution < -0.4 is 5.32 Å². The number of carboxylic acid groups (broad SMARTS) is 1. The maximum absolute atomic E-state index is 11.2. The molecule has 0 aromatic heterocycles. The van der Waals surface area contributed by atoms with Gasteiger partial charge >= 0.3 is 5.97 Å². The summed E-state index contributed by atoms with van der Waals surface area (Å²) < 4.78 is 0. The predicted octanol–water partition coefficient (Wildman–Crippen LogP) is 2.37. The molecule has 0 fully saturated rings. The number of nitrogens with one attached hydrogen (secondary N) is 1. The van der Waals surface area contributed by atoms with Gasteiger partial charge in [0.15, 0.2) is 0 Å². The van der Waals surface area contributed by atoms with Gasteiger partial charge in [-0.25, -0.2) is 0 Å². The Hall–Kier alpha value is -1.35. The van der Waals surface area contributed by atoms with Crippen LogP contribution in [0.25, 0.3) is 0 Å². The van der Waals surface area contributed by atoms with Gasteiger partial charge in [0.2, 0.25) is 0 Å². The van der Waals surface area contributed by atoms with E-state index in [-0.39, 0.29) is 0 Å². The van der Waals surface area contributed by atoms with Gasteiger partial charge in [-0.15, -0.1) is 0 Å². The molecule has 1 aromatic rings. The third kappa shape index (κ3) is 3.66. The summed E-state index contributed by atoms with van der Waals surface area (Å²) in [4.78, 5) is 11.2. The van der Waals surface area contributed by atoms with Crippen molar-refractivity contribution in [2.75, 3.05) is 6.54 Å². The van der Waals surface area contributed by atoms with Gasteiger partial charge in [0.1, 0.15) is 6.04 Å². The Morgan fingerprint density at radius 3 is 2.62 bits per heavy atom. The van der Waals surface area contributed by atoms with Crippen LogP contribution in [0.4, 0.5) is 0 Å². The highest BCUT2D eigenvalue weighted by Gasteiger charge is 2.19. The first-order chi connectivity index (χ1) is 7.50. The molecule has 1 aromatic carbocycles. The van der Waals surface area contributed by atoms with Crippen LogP contribution in [0, 0.1) is 12.8 Å². The van der Waals surface area contributed by atoms with Crippen LogP contribution >= 0.6 is 0 Å². The average molecular weight is 221 g/mol. The van der Waals surface area contributed by atoms with E-state index in [0.29, 0.717) is 12.5 Å². The second-order valence-corrected chi connectivity index (χ2v) is 4.49. The van der Waals surface area contributed by atoms with Gasteiger partial charge in [-0.3, -0.25) is 4.79 Å². The number of benzene rings is 1. The molecule has 0 spiro atoms. The minimum absolute atomic E-state index is 0.437. The molecule has 2 N–H and O–H groups in total. The molecule has 3 heteroatoms. The maximum atomic E-state index is 11.2. The molecule has 0 aliphatic carbocycles.